The topological polar surface area (TPSA) is 67.7 Å². The molecule has 0 spiro atoms. The van der Waals surface area contributed by atoms with Crippen LogP contribution < -0.4 is 4.90 Å². The average Bonchev–Trinajstić information content (AvgIpc) is 3.21. The maximum absolute atomic E-state index is 5.23. The Morgan fingerprint density at radius 1 is 0.482 bits per heavy atom. The zero-order chi connectivity index (χ0) is 38.8. The molecule has 274 valence electrons. The molecule has 0 unspecified atom stereocenters. The number of rotatable bonds is 9. The maximum atomic E-state index is 5.23. The molecule has 0 saturated carbocycles. The molecule has 0 aliphatic carbocycles. The number of hydrogen-bond acceptors (Lipinski definition) is 6. The molecule has 6 aromatic carbocycles. The highest BCUT2D eigenvalue weighted by Gasteiger charge is 2.26. The van der Waals surface area contributed by atoms with E-state index in [1.54, 1.807) is 12.5 Å². The molecule has 6 nitrogen and oxygen atoms in total. The van der Waals surface area contributed by atoms with Gasteiger partial charge in [-0.05, 0) is 110 Å². The number of benzene rings is 6. The Morgan fingerprint density at radius 3 is 1.55 bits per heavy atom. The summed E-state index contributed by atoms with van der Waals surface area (Å²) in [5, 5.41) is 0. The van der Waals surface area contributed by atoms with Gasteiger partial charge in [0, 0.05) is 23.2 Å². The van der Waals surface area contributed by atoms with E-state index in [2.05, 4.69) is 119 Å². The zero-order valence-electron chi connectivity index (χ0n) is 32.7. The van der Waals surface area contributed by atoms with Gasteiger partial charge in [0.25, 0.3) is 0 Å². The number of aryl methyl sites for hydroxylation is 6. The lowest BCUT2D eigenvalue weighted by molar-refractivity contribution is 0.918. The lowest BCUT2D eigenvalue weighted by Gasteiger charge is -2.28. The van der Waals surface area contributed by atoms with E-state index >= 15 is 0 Å². The van der Waals surface area contributed by atoms with Gasteiger partial charge >= 0.3 is 0 Å². The fraction of sp³-hybridized carbons (Fsp3) is 0.140. The molecule has 8 rings (SSSR count). The summed E-state index contributed by atoms with van der Waals surface area (Å²) in [4.78, 5) is 26.4. The molecule has 2 heterocycles. The second-order valence-corrected chi connectivity index (χ2v) is 14.6. The van der Waals surface area contributed by atoms with Gasteiger partial charge in [0.15, 0.2) is 11.6 Å². The van der Waals surface area contributed by atoms with Crippen LogP contribution in [-0.4, -0.2) is 24.9 Å². The lowest BCUT2D eigenvalue weighted by Crippen LogP contribution is -2.17. The smallest absolute Gasteiger partial charge is 0.239 e. The summed E-state index contributed by atoms with van der Waals surface area (Å²) in [6.45, 7) is 13.3. The van der Waals surface area contributed by atoms with Crippen molar-refractivity contribution in [3.63, 3.8) is 0 Å². The highest BCUT2D eigenvalue weighted by Crippen LogP contribution is 2.42. The van der Waals surface area contributed by atoms with Crippen LogP contribution in [0.2, 0.25) is 0 Å². The van der Waals surface area contributed by atoms with Gasteiger partial charge < -0.3 is 0 Å². The van der Waals surface area contributed by atoms with Gasteiger partial charge in [0.1, 0.15) is 12.1 Å². The Hall–Kier alpha value is -6.79. The molecule has 2 aromatic heterocycles. The van der Waals surface area contributed by atoms with Gasteiger partial charge in [-0.15, -0.1) is 0 Å². The molecule has 8 aromatic rings. The van der Waals surface area contributed by atoms with Crippen LogP contribution in [0.25, 0.3) is 33.9 Å². The van der Waals surface area contributed by atoms with Crippen molar-refractivity contribution in [2.45, 2.75) is 47.5 Å². The summed E-state index contributed by atoms with van der Waals surface area (Å²) in [6.07, 6.45) is 3.31. The number of hydrogen-bond donors (Lipinski definition) is 0. The molecule has 56 heavy (non-hydrogen) atoms. The van der Waals surface area contributed by atoms with Crippen LogP contribution in [0.4, 0.5) is 17.5 Å². The molecular formula is C50H44N6. The maximum Gasteiger partial charge on any atom is 0.239 e. The Balaban J connectivity index is 1.32. The van der Waals surface area contributed by atoms with Gasteiger partial charge in [-0.2, -0.15) is 9.97 Å². The van der Waals surface area contributed by atoms with Crippen LogP contribution in [0.5, 0.6) is 0 Å². The van der Waals surface area contributed by atoms with Crippen molar-refractivity contribution < 1.29 is 0 Å². The van der Waals surface area contributed by atoms with Crippen LogP contribution in [0.1, 0.15) is 56.0 Å². The first-order chi connectivity index (χ1) is 27.2. The molecule has 0 saturated heterocycles. The molecule has 6 heteroatoms. The minimum absolute atomic E-state index is 0.0423. The van der Waals surface area contributed by atoms with Gasteiger partial charge in [0.2, 0.25) is 5.95 Å². The fourth-order valence-electron chi connectivity index (χ4n) is 8.20. The Kier molecular flexibility index (Phi) is 10.0. The van der Waals surface area contributed by atoms with E-state index in [0.29, 0.717) is 23.4 Å². The van der Waals surface area contributed by atoms with Gasteiger partial charge in [0.05, 0.1) is 5.69 Å². The summed E-state index contributed by atoms with van der Waals surface area (Å²) in [5.74, 6) is 2.28. The molecule has 0 aliphatic heterocycles. The zero-order valence-corrected chi connectivity index (χ0v) is 32.7. The van der Waals surface area contributed by atoms with E-state index in [1.165, 1.54) is 50.1 Å². The molecule has 0 radical (unpaired) electrons. The predicted molar refractivity (Wildman–Crippen MR) is 229 cm³/mol. The van der Waals surface area contributed by atoms with E-state index in [1.807, 2.05) is 71.6 Å². The summed E-state index contributed by atoms with van der Waals surface area (Å²) in [7, 11) is 0. The van der Waals surface area contributed by atoms with E-state index in [-0.39, 0.29) is 5.92 Å². The average molecular weight is 729 g/mol. The monoisotopic (exact) mass is 728 g/mol. The molecule has 0 N–H and O–H groups in total. The Bertz CT molecular complexity index is 2540. The van der Waals surface area contributed by atoms with E-state index in [9.17, 15) is 0 Å². The van der Waals surface area contributed by atoms with E-state index < -0.39 is 0 Å². The van der Waals surface area contributed by atoms with Crippen molar-refractivity contribution >= 4 is 17.5 Å². The van der Waals surface area contributed by atoms with Crippen molar-refractivity contribution in [3.8, 4) is 33.9 Å². The quantitative estimate of drug-likeness (QED) is 0.138. The first-order valence-corrected chi connectivity index (χ1v) is 19.0. The van der Waals surface area contributed by atoms with Gasteiger partial charge in [-0.25, -0.2) is 15.0 Å². The van der Waals surface area contributed by atoms with Crippen molar-refractivity contribution in [2.24, 2.45) is 0 Å². The normalized spacial score (nSPS) is 11.2. The number of aromatic nitrogens is 5. The third-order valence-corrected chi connectivity index (χ3v) is 10.4. The van der Waals surface area contributed by atoms with Crippen molar-refractivity contribution in [3.05, 3.63) is 202 Å². The Labute approximate surface area is 329 Å². The van der Waals surface area contributed by atoms with E-state index in [4.69, 9.17) is 19.9 Å². The molecular weight excluding hydrogens is 685 g/mol. The summed E-state index contributed by atoms with van der Waals surface area (Å²) in [6, 6.07) is 48.6. The minimum atomic E-state index is 0.0423. The van der Waals surface area contributed by atoms with Crippen LogP contribution in [0.3, 0.4) is 0 Å². The van der Waals surface area contributed by atoms with Crippen LogP contribution in [0, 0.1) is 41.5 Å². The highest BCUT2D eigenvalue weighted by atomic mass is 15.3. The molecule has 0 fully saturated rings. The van der Waals surface area contributed by atoms with Crippen LogP contribution in [-0.2, 0) is 0 Å². The number of nitrogens with zero attached hydrogens (tertiary/aromatic N) is 6. The number of anilines is 3. The molecule has 0 bridgehead atoms. The molecule has 0 atom stereocenters. The van der Waals surface area contributed by atoms with Crippen molar-refractivity contribution in [1.82, 2.24) is 24.9 Å². The molecule has 0 aliphatic rings. The van der Waals surface area contributed by atoms with Crippen LogP contribution in [0.15, 0.2) is 152 Å². The lowest BCUT2D eigenvalue weighted by atomic mass is 9.77. The van der Waals surface area contributed by atoms with Crippen molar-refractivity contribution in [1.29, 1.82) is 0 Å². The first-order valence-electron chi connectivity index (χ1n) is 19.0. The first kappa shape index (κ1) is 36.2. The second kappa shape index (κ2) is 15.5. The summed E-state index contributed by atoms with van der Waals surface area (Å²) >= 11 is 0. The SMILES string of the molecule is Cc1cc(C)c(C(c2ccc(N(c3ccncn3)c3nc(-c4ccccc4)nc(-c4ccccc4-c4ccccc4)n3)cc2)c2c(C)cc(C)cc2C)c(C)c1. The second-order valence-electron chi connectivity index (χ2n) is 14.6. The Morgan fingerprint density at radius 2 is 1.00 bits per heavy atom. The predicted octanol–water partition coefficient (Wildman–Crippen LogP) is 12.2. The largest absolute Gasteiger partial charge is 0.263 e. The summed E-state index contributed by atoms with van der Waals surface area (Å²) in [5.41, 5.74) is 16.4. The van der Waals surface area contributed by atoms with Crippen molar-refractivity contribution in [2.75, 3.05) is 4.90 Å². The third kappa shape index (κ3) is 7.21. The van der Waals surface area contributed by atoms with Gasteiger partial charge in [-0.1, -0.05) is 132 Å². The summed E-state index contributed by atoms with van der Waals surface area (Å²) < 4.78 is 0. The third-order valence-electron chi connectivity index (χ3n) is 10.4. The van der Waals surface area contributed by atoms with E-state index in [0.717, 1.165) is 27.9 Å². The standard InChI is InChI=1S/C50H44N6/c1-32-27-34(3)45(35(4)28-32)47(46-36(5)29-33(2)30-37(46)6)39-21-23-41(24-22-39)56(44-25-26-51-31-52-44)50-54-48(40-17-11-8-12-18-40)53-49(55-50)43-20-14-13-19-42(43)38-15-9-7-10-16-38/h7-31,47H,1-6H3. The fourth-order valence-corrected chi connectivity index (χ4v) is 8.20. The molecule has 0 amide bonds. The minimum Gasteiger partial charge on any atom is -0.263 e. The van der Waals surface area contributed by atoms with Crippen LogP contribution >= 0.6 is 0 Å². The van der Waals surface area contributed by atoms with Gasteiger partial charge in [-0.3, -0.25) is 4.90 Å². The highest BCUT2D eigenvalue weighted by molar-refractivity contribution is 5.82.